The number of benzene rings is 2. The van der Waals surface area contributed by atoms with E-state index in [4.69, 9.17) is 4.74 Å². The average Bonchev–Trinajstić information content (AvgIpc) is 2.45. The Balaban J connectivity index is 2.55. The van der Waals surface area contributed by atoms with Gasteiger partial charge in [-0.2, -0.15) is 0 Å². The first kappa shape index (κ1) is 15.8. The quantitative estimate of drug-likeness (QED) is 0.870. The van der Waals surface area contributed by atoms with Crippen molar-refractivity contribution in [3.05, 3.63) is 59.7 Å². The van der Waals surface area contributed by atoms with Crippen LogP contribution in [-0.2, 0) is 4.74 Å². The lowest BCUT2D eigenvalue weighted by Gasteiger charge is -2.20. The molecule has 22 heavy (non-hydrogen) atoms. The van der Waals surface area contributed by atoms with Crippen molar-refractivity contribution < 1.29 is 19.4 Å². The molecule has 0 bridgehead atoms. The van der Waals surface area contributed by atoms with Crippen molar-refractivity contribution in [2.24, 2.45) is 0 Å². The van der Waals surface area contributed by atoms with Crippen LogP contribution < -0.4 is 0 Å². The molecule has 0 atom stereocenters. The molecule has 0 amide bonds. The smallest absolute Gasteiger partial charge is 0.339 e. The number of ether oxygens (including phenoxy) is 1. The normalized spacial score (nSPS) is 11.0. The zero-order chi connectivity index (χ0) is 16.3. The van der Waals surface area contributed by atoms with E-state index in [0.29, 0.717) is 16.7 Å². The fourth-order valence-electron chi connectivity index (χ4n) is 2.13. The Labute approximate surface area is 129 Å². The van der Waals surface area contributed by atoms with Crippen LogP contribution in [0.5, 0.6) is 0 Å². The van der Waals surface area contributed by atoms with Gasteiger partial charge < -0.3 is 9.84 Å². The Bertz CT molecular complexity index is 711. The second kappa shape index (κ2) is 6.02. The maximum absolute atomic E-state index is 12.4. The molecule has 0 unspecified atom stereocenters. The number of hydrogen-bond donors (Lipinski definition) is 1. The van der Waals surface area contributed by atoms with Crippen LogP contribution in [0.1, 0.15) is 41.5 Å². The van der Waals surface area contributed by atoms with Gasteiger partial charge in [0.05, 0.1) is 11.1 Å². The number of esters is 1. The van der Waals surface area contributed by atoms with Gasteiger partial charge in [-0.1, -0.05) is 36.4 Å². The largest absolute Gasteiger partial charge is 0.478 e. The van der Waals surface area contributed by atoms with E-state index in [9.17, 15) is 14.7 Å². The summed E-state index contributed by atoms with van der Waals surface area (Å²) < 4.78 is 5.40. The minimum Gasteiger partial charge on any atom is -0.478 e. The highest BCUT2D eigenvalue weighted by Gasteiger charge is 2.22. The zero-order valence-corrected chi connectivity index (χ0v) is 12.8. The molecule has 0 aromatic heterocycles. The summed E-state index contributed by atoms with van der Waals surface area (Å²) in [4.78, 5) is 23.8. The fraction of sp³-hybridized carbons (Fsp3) is 0.222. The van der Waals surface area contributed by atoms with E-state index in [1.54, 1.807) is 63.2 Å². The van der Waals surface area contributed by atoms with Gasteiger partial charge in [-0.15, -0.1) is 0 Å². The van der Waals surface area contributed by atoms with Crippen LogP contribution in [0, 0.1) is 0 Å². The zero-order valence-electron chi connectivity index (χ0n) is 12.8. The van der Waals surface area contributed by atoms with E-state index >= 15 is 0 Å². The van der Waals surface area contributed by atoms with E-state index in [-0.39, 0.29) is 5.56 Å². The van der Waals surface area contributed by atoms with Crippen molar-refractivity contribution in [3.63, 3.8) is 0 Å². The van der Waals surface area contributed by atoms with Gasteiger partial charge in [0.25, 0.3) is 0 Å². The van der Waals surface area contributed by atoms with Crippen LogP contribution in [-0.4, -0.2) is 22.6 Å². The first-order valence-electron chi connectivity index (χ1n) is 6.94. The molecule has 1 N–H and O–H groups in total. The van der Waals surface area contributed by atoms with E-state index in [2.05, 4.69) is 0 Å². The minimum atomic E-state index is -1.03. The highest BCUT2D eigenvalue weighted by atomic mass is 16.6. The molecular weight excluding hydrogens is 280 g/mol. The lowest BCUT2D eigenvalue weighted by molar-refractivity contribution is 0.00701. The predicted molar refractivity (Wildman–Crippen MR) is 84.0 cm³/mol. The molecule has 0 heterocycles. The van der Waals surface area contributed by atoms with Gasteiger partial charge in [0.15, 0.2) is 0 Å². The third kappa shape index (κ3) is 3.52. The summed E-state index contributed by atoms with van der Waals surface area (Å²) in [6.07, 6.45) is 0. The second-order valence-corrected chi connectivity index (χ2v) is 5.90. The molecule has 0 aliphatic carbocycles. The SMILES string of the molecule is CC(C)(C)OC(=O)c1ccccc1-c1ccccc1C(=O)O. The topological polar surface area (TPSA) is 63.6 Å². The molecule has 4 heteroatoms. The van der Waals surface area contributed by atoms with Gasteiger partial charge in [0.1, 0.15) is 5.60 Å². The Morgan fingerprint density at radius 1 is 0.864 bits per heavy atom. The number of hydrogen-bond acceptors (Lipinski definition) is 3. The number of carbonyl (C=O) groups is 2. The Kier molecular flexibility index (Phi) is 4.31. The lowest BCUT2D eigenvalue weighted by atomic mass is 9.95. The van der Waals surface area contributed by atoms with Crippen LogP contribution in [0.3, 0.4) is 0 Å². The van der Waals surface area contributed by atoms with Gasteiger partial charge >= 0.3 is 11.9 Å². The molecule has 0 aliphatic rings. The van der Waals surface area contributed by atoms with E-state index in [1.165, 1.54) is 6.07 Å². The molecule has 4 nitrogen and oxygen atoms in total. The lowest BCUT2D eigenvalue weighted by Crippen LogP contribution is -2.24. The molecule has 2 rings (SSSR count). The van der Waals surface area contributed by atoms with Crippen LogP contribution in [0.15, 0.2) is 48.5 Å². The number of aromatic carboxylic acids is 1. The van der Waals surface area contributed by atoms with E-state index < -0.39 is 17.5 Å². The standard InChI is InChI=1S/C18H18O4/c1-18(2,3)22-17(21)15-11-7-5-9-13(15)12-8-4-6-10-14(12)16(19)20/h4-11H,1-3H3,(H,19,20). The van der Waals surface area contributed by atoms with Crippen molar-refractivity contribution in [2.45, 2.75) is 26.4 Å². The van der Waals surface area contributed by atoms with Gasteiger partial charge in [0.2, 0.25) is 0 Å². The molecule has 0 spiro atoms. The number of carboxylic acids is 1. The average molecular weight is 298 g/mol. The maximum atomic E-state index is 12.4. The molecule has 114 valence electrons. The minimum absolute atomic E-state index is 0.151. The van der Waals surface area contributed by atoms with Crippen molar-refractivity contribution in [3.8, 4) is 11.1 Å². The molecule has 2 aromatic carbocycles. The van der Waals surface area contributed by atoms with Crippen molar-refractivity contribution in [1.82, 2.24) is 0 Å². The Morgan fingerprint density at radius 2 is 1.32 bits per heavy atom. The molecule has 0 fully saturated rings. The van der Waals surface area contributed by atoms with E-state index in [0.717, 1.165) is 0 Å². The Morgan fingerprint density at radius 3 is 1.82 bits per heavy atom. The molecule has 0 saturated heterocycles. The summed E-state index contributed by atoms with van der Waals surface area (Å²) in [6, 6.07) is 13.5. The highest BCUT2D eigenvalue weighted by Crippen LogP contribution is 2.28. The summed E-state index contributed by atoms with van der Waals surface area (Å²) in [7, 11) is 0. The van der Waals surface area contributed by atoms with E-state index in [1.807, 2.05) is 0 Å². The van der Waals surface area contributed by atoms with Crippen LogP contribution in [0.4, 0.5) is 0 Å². The number of rotatable bonds is 3. The predicted octanol–water partition coefficient (Wildman–Crippen LogP) is 4.01. The Hall–Kier alpha value is -2.62. The van der Waals surface area contributed by atoms with Crippen LogP contribution in [0.25, 0.3) is 11.1 Å². The third-order valence-electron chi connectivity index (χ3n) is 2.99. The molecule has 0 aliphatic heterocycles. The molecule has 0 saturated carbocycles. The first-order valence-corrected chi connectivity index (χ1v) is 6.94. The number of carboxylic acid groups (broad SMARTS) is 1. The van der Waals surface area contributed by atoms with Crippen molar-refractivity contribution in [1.29, 1.82) is 0 Å². The summed E-state index contributed by atoms with van der Waals surface area (Å²) in [6.45, 7) is 5.37. The van der Waals surface area contributed by atoms with Gasteiger partial charge in [-0.3, -0.25) is 0 Å². The summed E-state index contributed by atoms with van der Waals surface area (Å²) in [5.41, 5.74) is 0.937. The summed E-state index contributed by atoms with van der Waals surface area (Å²) in [5.74, 6) is -1.50. The van der Waals surface area contributed by atoms with Gasteiger partial charge in [0, 0.05) is 0 Å². The highest BCUT2D eigenvalue weighted by molar-refractivity contribution is 6.02. The van der Waals surface area contributed by atoms with Crippen molar-refractivity contribution >= 4 is 11.9 Å². The summed E-state index contributed by atoms with van der Waals surface area (Å²) >= 11 is 0. The maximum Gasteiger partial charge on any atom is 0.339 e. The van der Waals surface area contributed by atoms with Gasteiger partial charge in [-0.05, 0) is 44.0 Å². The second-order valence-electron chi connectivity index (χ2n) is 5.90. The molecule has 2 aromatic rings. The van der Waals surface area contributed by atoms with Crippen LogP contribution >= 0.6 is 0 Å². The summed E-state index contributed by atoms with van der Waals surface area (Å²) in [5, 5.41) is 9.33. The molecular formula is C18H18O4. The van der Waals surface area contributed by atoms with Crippen LogP contribution in [0.2, 0.25) is 0 Å². The molecule has 0 radical (unpaired) electrons. The first-order chi connectivity index (χ1) is 10.3. The fourth-order valence-corrected chi connectivity index (χ4v) is 2.13. The monoisotopic (exact) mass is 298 g/mol. The number of carbonyl (C=O) groups excluding carboxylic acids is 1. The van der Waals surface area contributed by atoms with Crippen molar-refractivity contribution in [2.75, 3.05) is 0 Å². The van der Waals surface area contributed by atoms with Gasteiger partial charge in [-0.25, -0.2) is 9.59 Å². The third-order valence-corrected chi connectivity index (χ3v) is 2.99.